The Bertz CT molecular complexity index is 4290. The summed E-state index contributed by atoms with van der Waals surface area (Å²) in [6, 6.07) is 26.1. The summed E-state index contributed by atoms with van der Waals surface area (Å²) >= 11 is 0. The summed E-state index contributed by atoms with van der Waals surface area (Å²) in [5.41, 5.74) is 6.42. The van der Waals surface area contributed by atoms with Crippen molar-refractivity contribution in [2.24, 2.45) is 11.3 Å². The zero-order chi connectivity index (χ0) is 70.2. The number of piperidine rings is 1. The summed E-state index contributed by atoms with van der Waals surface area (Å²) in [6.07, 6.45) is 10.3. The van der Waals surface area contributed by atoms with Gasteiger partial charge in [0.2, 0.25) is 47.3 Å². The average molecular weight is 1370 g/mol. The highest BCUT2D eigenvalue weighted by molar-refractivity contribution is 5.98. The molecule has 3 atom stereocenters. The van der Waals surface area contributed by atoms with Crippen LogP contribution in [0.3, 0.4) is 0 Å². The largest absolute Gasteiger partial charge is 0.458 e. The topological polar surface area (TPSA) is 318 Å². The van der Waals surface area contributed by atoms with Gasteiger partial charge in [-0.25, -0.2) is 14.2 Å². The number of fused-ring (bicyclic) bond motifs is 7. The van der Waals surface area contributed by atoms with Gasteiger partial charge in [-0.1, -0.05) is 91.9 Å². The third-order valence-corrected chi connectivity index (χ3v) is 20.8. The van der Waals surface area contributed by atoms with Crippen molar-refractivity contribution in [2.45, 2.75) is 135 Å². The number of aromatic nitrogens is 2. The number of cyclic esters (lactones) is 1. The molecule has 24 nitrogen and oxygen atoms in total. The Morgan fingerprint density at radius 2 is 1.42 bits per heavy atom. The summed E-state index contributed by atoms with van der Waals surface area (Å²) in [5, 5.41) is 31.6. The second-order valence-electron chi connectivity index (χ2n) is 26.8. The first kappa shape index (κ1) is 69.9. The van der Waals surface area contributed by atoms with Gasteiger partial charge >= 0.3 is 5.97 Å². The fourth-order valence-electron chi connectivity index (χ4n) is 14.9. The molecule has 524 valence electrons. The van der Waals surface area contributed by atoms with Crippen molar-refractivity contribution >= 4 is 82.0 Å². The summed E-state index contributed by atoms with van der Waals surface area (Å²) in [4.78, 5) is 141. The molecule has 0 radical (unpaired) electrons. The third-order valence-electron chi connectivity index (χ3n) is 20.8. The van der Waals surface area contributed by atoms with Crippen LogP contribution in [0.15, 0.2) is 95.8 Å². The maximum Gasteiger partial charge on any atom is 0.343 e. The smallest absolute Gasteiger partial charge is 0.343 e. The van der Waals surface area contributed by atoms with Gasteiger partial charge in [-0.05, 0) is 121 Å². The average Bonchev–Trinajstić information content (AvgIpc) is 0.888. The summed E-state index contributed by atoms with van der Waals surface area (Å²) < 4.78 is 27.9. The van der Waals surface area contributed by atoms with E-state index in [4.69, 9.17) is 14.5 Å². The number of esters is 1. The number of carbonyl (C=O) groups is 9. The number of hydrogen-bond acceptors (Lipinski definition) is 15. The maximum atomic E-state index is 15.5. The SMILES string of the molecule is CC[C@@]1(O)C(=O)OCc2c1cc1n(c2=O)Cc2c-1nc1cc(F)c(C)c3c1c2[C@@H](NCNC(=O)CNC(=O)[C@H](Cc1ccccc1)NC(=O)CNC(=O)CNC(=O)CCOCCC(=O)N1CCC2(CCC(C(=O)NCCC(=O)N4Cc5ccccc5/C=C\c5ccccc54)CC2)CC1)CC3. The highest BCUT2D eigenvalue weighted by Crippen LogP contribution is 2.48. The quantitative estimate of drug-likeness (QED) is 0.0222. The minimum absolute atomic E-state index is 0.0105. The highest BCUT2D eigenvalue weighted by Gasteiger charge is 2.46. The lowest BCUT2D eigenvalue weighted by Crippen LogP contribution is -2.52. The number of anilines is 1. The fourth-order valence-corrected chi connectivity index (χ4v) is 14.9. The first-order valence-corrected chi connectivity index (χ1v) is 34.5. The van der Waals surface area contributed by atoms with Gasteiger partial charge in [-0.3, -0.25) is 48.5 Å². The normalized spacial score (nSPS) is 18.5. The van der Waals surface area contributed by atoms with E-state index in [9.17, 15) is 53.1 Å². The second kappa shape index (κ2) is 30.6. The first-order valence-electron chi connectivity index (χ1n) is 34.5. The Kier molecular flexibility index (Phi) is 21.4. The van der Waals surface area contributed by atoms with Gasteiger partial charge in [0.25, 0.3) is 5.56 Å². The summed E-state index contributed by atoms with van der Waals surface area (Å²) in [6.45, 7) is 3.69. The molecule has 8 N–H and O–H groups in total. The van der Waals surface area contributed by atoms with Crippen LogP contribution in [0.4, 0.5) is 10.1 Å². The van der Waals surface area contributed by atoms with Crippen LogP contribution in [0.1, 0.15) is 139 Å². The van der Waals surface area contributed by atoms with Gasteiger partial charge in [0.1, 0.15) is 18.5 Å². The molecule has 12 rings (SSSR count). The molecule has 8 amide bonds. The van der Waals surface area contributed by atoms with Crippen LogP contribution < -0.4 is 47.7 Å². The minimum Gasteiger partial charge on any atom is -0.458 e. The van der Waals surface area contributed by atoms with E-state index >= 15 is 4.39 Å². The van der Waals surface area contributed by atoms with Crippen LogP contribution in [0.2, 0.25) is 0 Å². The number of likely N-dealkylation sites (tertiary alicyclic amines) is 1. The second-order valence-corrected chi connectivity index (χ2v) is 26.8. The number of halogens is 1. The van der Waals surface area contributed by atoms with E-state index < -0.39 is 84.2 Å². The molecule has 0 unspecified atom stereocenters. The van der Waals surface area contributed by atoms with Crippen LogP contribution in [-0.2, 0) is 90.8 Å². The zero-order valence-electron chi connectivity index (χ0n) is 56.2. The van der Waals surface area contributed by atoms with Crippen molar-refractivity contribution in [1.29, 1.82) is 0 Å². The van der Waals surface area contributed by atoms with Crippen molar-refractivity contribution in [2.75, 3.05) is 64.1 Å². The molecule has 0 bridgehead atoms. The van der Waals surface area contributed by atoms with Crippen LogP contribution >= 0.6 is 0 Å². The van der Waals surface area contributed by atoms with Crippen LogP contribution in [-0.4, -0.2) is 138 Å². The van der Waals surface area contributed by atoms with E-state index in [-0.39, 0.29) is 112 Å². The van der Waals surface area contributed by atoms with E-state index in [1.165, 1.54) is 10.6 Å². The lowest BCUT2D eigenvalue weighted by atomic mass is 9.65. The van der Waals surface area contributed by atoms with E-state index in [2.05, 4.69) is 43.3 Å². The lowest BCUT2D eigenvalue weighted by Gasteiger charge is -2.45. The van der Waals surface area contributed by atoms with Crippen molar-refractivity contribution in [1.82, 2.24) is 51.7 Å². The zero-order valence-corrected chi connectivity index (χ0v) is 56.2. The highest BCUT2D eigenvalue weighted by atomic mass is 19.1. The number of aryl methyl sites for hydroxylation is 1. The molecule has 2 fully saturated rings. The van der Waals surface area contributed by atoms with Crippen molar-refractivity contribution in [3.05, 3.63) is 163 Å². The molecule has 100 heavy (non-hydrogen) atoms. The lowest BCUT2D eigenvalue weighted by molar-refractivity contribution is -0.172. The Labute approximate surface area is 577 Å². The molecule has 1 saturated carbocycles. The standard InChI is InChI=1S/C75H84FN11O13/c1-3-75(98)54-36-60-69-52(42-87(60)72(96)53(54)43-100-73(75)97)68-56(20-19-51-45(2)55(76)37-57(84-69)67(51)68)81-44-82-63(90)39-80-71(95)58(35-46-11-5-4-6-12-46)83-64(91)40-79-62(89)38-78-61(88)24-33-99-34-25-65(92)85-31-28-74(29-32-85)26-21-49(22-27-74)70(94)77-30-23-66(93)86-41-50-15-8-7-13-47(50)17-18-48-14-9-10-16-59(48)86/h4-18,36-37,49,56,58,81,98H,3,19-35,38-44H2,1-2H3,(H,77,94)(H,78,88)(H,79,89)(H,80,95)(H,82,90)(H,83,91)/b18-17-/t56-,58-,75-/m0/s1. The van der Waals surface area contributed by atoms with Crippen LogP contribution in [0.5, 0.6) is 0 Å². The van der Waals surface area contributed by atoms with Gasteiger partial charge in [0, 0.05) is 73.4 Å². The van der Waals surface area contributed by atoms with E-state index in [1.807, 2.05) is 64.4 Å². The van der Waals surface area contributed by atoms with E-state index in [1.54, 1.807) is 50.2 Å². The number of benzene rings is 4. The Hall–Kier alpha value is -9.98. The fraction of sp³-hybridized carbons (Fsp3) is 0.427. The molecule has 25 heteroatoms. The first-order chi connectivity index (χ1) is 48.3. The Balaban J connectivity index is 0.532. The number of hydrogen-bond donors (Lipinski definition) is 8. The van der Waals surface area contributed by atoms with Gasteiger partial charge in [0.15, 0.2) is 5.60 Å². The molecule has 6 aromatic rings. The van der Waals surface area contributed by atoms with Crippen molar-refractivity contribution < 1.29 is 62.1 Å². The number of rotatable bonds is 24. The van der Waals surface area contributed by atoms with Gasteiger partial charge < -0.3 is 60.8 Å². The molecule has 4 aromatic carbocycles. The molecule has 2 aliphatic carbocycles. The molecule has 4 aliphatic heterocycles. The number of aliphatic hydroxyl groups is 1. The Morgan fingerprint density at radius 3 is 2.20 bits per heavy atom. The minimum atomic E-state index is -2.04. The summed E-state index contributed by atoms with van der Waals surface area (Å²) in [5.74, 6) is -4.61. The molecule has 2 aromatic heterocycles. The van der Waals surface area contributed by atoms with Crippen LogP contribution in [0.25, 0.3) is 34.4 Å². The maximum absolute atomic E-state index is 15.5. The van der Waals surface area contributed by atoms with Gasteiger partial charge in [-0.2, -0.15) is 0 Å². The van der Waals surface area contributed by atoms with Crippen LogP contribution in [0, 0.1) is 24.1 Å². The molecular weight excluding hydrogens is 1280 g/mol. The van der Waals surface area contributed by atoms with E-state index in [0.717, 1.165) is 77.4 Å². The molecule has 1 spiro atoms. The molecular formula is C75H84FN11O13. The monoisotopic (exact) mass is 1370 g/mol. The van der Waals surface area contributed by atoms with Crippen molar-refractivity contribution in [3.63, 3.8) is 0 Å². The Morgan fingerprint density at radius 1 is 0.730 bits per heavy atom. The third kappa shape index (κ3) is 15.3. The molecule has 6 heterocycles. The summed E-state index contributed by atoms with van der Waals surface area (Å²) in [7, 11) is 0. The number of pyridine rings is 2. The predicted molar refractivity (Wildman–Crippen MR) is 368 cm³/mol. The molecule has 1 saturated heterocycles. The molecule has 6 aliphatic rings. The predicted octanol–water partition coefficient (Wildman–Crippen LogP) is 5.07. The van der Waals surface area contributed by atoms with E-state index in [0.29, 0.717) is 66.1 Å². The number of para-hydroxylation sites is 1. The van der Waals surface area contributed by atoms with Gasteiger partial charge in [0.05, 0.1) is 87.2 Å². The number of nitrogens with zero attached hydrogens (tertiary/aromatic N) is 4. The number of carbonyl (C=O) groups excluding carboxylic acids is 9. The van der Waals surface area contributed by atoms with Crippen molar-refractivity contribution in [3.8, 4) is 11.4 Å². The number of amides is 8. The number of ether oxygens (including phenoxy) is 2. The van der Waals surface area contributed by atoms with Gasteiger partial charge in [-0.15, -0.1) is 0 Å². The number of nitrogens with one attached hydrogen (secondary N) is 7.